The summed E-state index contributed by atoms with van der Waals surface area (Å²) in [6.45, 7) is 4.44. The third-order valence-electron chi connectivity index (χ3n) is 8.78. The maximum atomic E-state index is 12.5. The smallest absolute Gasteiger partial charge is 0.306 e. The molecule has 0 bridgehead atoms. The number of esters is 1. The second kappa shape index (κ2) is 34.5. The summed E-state index contributed by atoms with van der Waals surface area (Å²) in [5, 5.41) is 9.27. The van der Waals surface area contributed by atoms with Gasteiger partial charge in [-0.05, 0) is 25.3 Å². The fraction of sp³-hybridized carbons (Fsp3) is 0.921. The molecular formula is C38H75NO3. The number of hydrogen-bond donors (Lipinski definition) is 2. The number of unbranched alkanes of at least 4 members (excludes halogenated alkanes) is 27. The van der Waals surface area contributed by atoms with Crippen molar-refractivity contribution in [1.29, 1.82) is 0 Å². The molecule has 0 fully saturated rings. The molecule has 1 unspecified atom stereocenters. The minimum absolute atomic E-state index is 0.113. The van der Waals surface area contributed by atoms with Gasteiger partial charge in [0.05, 0.1) is 6.61 Å². The first-order valence-electron chi connectivity index (χ1n) is 18.9. The Morgan fingerprint density at radius 3 is 1.19 bits per heavy atom. The molecule has 0 saturated carbocycles. The average molecular weight is 594 g/mol. The number of rotatable bonds is 34. The molecule has 4 heteroatoms. The van der Waals surface area contributed by atoms with Gasteiger partial charge in [0, 0.05) is 12.1 Å². The van der Waals surface area contributed by atoms with Gasteiger partial charge in [0.15, 0.2) is 0 Å². The minimum Gasteiger partial charge on any atom is -0.456 e. The maximum Gasteiger partial charge on any atom is 0.306 e. The zero-order valence-electron chi connectivity index (χ0n) is 28.6. The maximum absolute atomic E-state index is 12.5. The molecule has 0 radical (unpaired) electrons. The molecule has 0 heterocycles. The Kier molecular flexibility index (Phi) is 33.6. The zero-order valence-corrected chi connectivity index (χ0v) is 28.6. The number of ether oxygens (including phenoxy) is 1. The lowest BCUT2D eigenvalue weighted by atomic mass is 10.0. The first-order chi connectivity index (χ1) is 20.7. The Labute approximate surface area is 263 Å². The SMILES string of the molecule is CCCCCCCCCCCCCCCCCC(=O)OC(CCCCCCCCCCCCCCCC)C(N)=CCO. The number of aliphatic hydroxyl groups is 1. The standard InChI is InChI=1S/C38H75NO3/c1-3-5-7-9-11-13-15-17-19-21-23-25-27-29-31-33-38(41)42-37(36(39)34-35-40)32-30-28-26-24-22-20-18-16-14-12-10-8-6-4-2/h34,37,40H,3-33,35,39H2,1-2H3. The van der Waals surface area contributed by atoms with E-state index in [1.165, 1.54) is 161 Å². The van der Waals surface area contributed by atoms with E-state index in [9.17, 15) is 9.90 Å². The van der Waals surface area contributed by atoms with Crippen molar-refractivity contribution in [3.05, 3.63) is 11.8 Å². The van der Waals surface area contributed by atoms with E-state index in [-0.39, 0.29) is 12.6 Å². The molecule has 0 rings (SSSR count). The summed E-state index contributed by atoms with van der Waals surface area (Å²) in [5.74, 6) is -0.144. The molecule has 4 nitrogen and oxygen atoms in total. The van der Waals surface area contributed by atoms with E-state index in [2.05, 4.69) is 13.8 Å². The summed E-state index contributed by atoms with van der Waals surface area (Å²) in [6.07, 6.45) is 40.7. The zero-order chi connectivity index (χ0) is 30.8. The van der Waals surface area contributed by atoms with Crippen LogP contribution in [0.2, 0.25) is 0 Å². The van der Waals surface area contributed by atoms with E-state index < -0.39 is 6.10 Å². The molecule has 0 aromatic rings. The molecule has 0 amide bonds. The van der Waals surface area contributed by atoms with Gasteiger partial charge in [-0.15, -0.1) is 0 Å². The highest BCUT2D eigenvalue weighted by Crippen LogP contribution is 2.18. The summed E-state index contributed by atoms with van der Waals surface area (Å²) < 4.78 is 5.75. The van der Waals surface area contributed by atoms with Crippen molar-refractivity contribution in [3.63, 3.8) is 0 Å². The summed E-state index contributed by atoms with van der Waals surface area (Å²) in [7, 11) is 0. The molecule has 0 aromatic carbocycles. The van der Waals surface area contributed by atoms with E-state index in [0.29, 0.717) is 12.1 Å². The van der Waals surface area contributed by atoms with E-state index >= 15 is 0 Å². The topological polar surface area (TPSA) is 72.5 Å². The quantitative estimate of drug-likeness (QED) is 0.0575. The molecule has 3 N–H and O–H groups in total. The summed E-state index contributed by atoms with van der Waals surface area (Å²) >= 11 is 0. The van der Waals surface area contributed by atoms with Crippen molar-refractivity contribution in [1.82, 2.24) is 0 Å². The van der Waals surface area contributed by atoms with Crippen LogP contribution in [-0.4, -0.2) is 23.8 Å². The molecule has 0 spiro atoms. The Morgan fingerprint density at radius 2 is 0.857 bits per heavy atom. The Hall–Kier alpha value is -1.03. The predicted octanol–water partition coefficient (Wildman–Crippen LogP) is 11.9. The number of hydrogen-bond acceptors (Lipinski definition) is 4. The number of nitrogens with two attached hydrogens (primary N) is 1. The van der Waals surface area contributed by atoms with Crippen molar-refractivity contribution < 1.29 is 14.6 Å². The average Bonchev–Trinajstić information content (AvgIpc) is 2.98. The van der Waals surface area contributed by atoms with Crippen LogP contribution in [0.25, 0.3) is 0 Å². The molecule has 250 valence electrons. The van der Waals surface area contributed by atoms with Crippen LogP contribution in [0.5, 0.6) is 0 Å². The largest absolute Gasteiger partial charge is 0.456 e. The first-order valence-corrected chi connectivity index (χ1v) is 18.9. The van der Waals surface area contributed by atoms with Crippen LogP contribution >= 0.6 is 0 Å². The van der Waals surface area contributed by atoms with Crippen LogP contribution < -0.4 is 5.73 Å². The molecule has 1 atom stereocenters. The number of carbonyl (C=O) groups is 1. The van der Waals surface area contributed by atoms with Crippen LogP contribution in [-0.2, 0) is 9.53 Å². The summed E-state index contributed by atoms with van der Waals surface area (Å²) in [5.41, 5.74) is 6.64. The van der Waals surface area contributed by atoms with Gasteiger partial charge in [-0.1, -0.05) is 187 Å². The molecule has 42 heavy (non-hydrogen) atoms. The van der Waals surface area contributed by atoms with Crippen molar-refractivity contribution in [2.75, 3.05) is 6.61 Å². The van der Waals surface area contributed by atoms with Crippen molar-refractivity contribution in [2.24, 2.45) is 5.73 Å². The molecule has 0 aliphatic rings. The highest BCUT2D eigenvalue weighted by molar-refractivity contribution is 5.69. The van der Waals surface area contributed by atoms with Crippen LogP contribution in [0.1, 0.15) is 213 Å². The van der Waals surface area contributed by atoms with Crippen LogP contribution in [0, 0.1) is 0 Å². The van der Waals surface area contributed by atoms with Gasteiger partial charge >= 0.3 is 5.97 Å². The Balaban J connectivity index is 3.74. The van der Waals surface area contributed by atoms with Gasteiger partial charge in [0.1, 0.15) is 6.10 Å². The minimum atomic E-state index is -0.390. The van der Waals surface area contributed by atoms with E-state index in [1.54, 1.807) is 6.08 Å². The van der Waals surface area contributed by atoms with Gasteiger partial charge in [0.25, 0.3) is 0 Å². The lowest BCUT2D eigenvalue weighted by Gasteiger charge is -2.18. The van der Waals surface area contributed by atoms with Crippen LogP contribution in [0.3, 0.4) is 0 Å². The third-order valence-corrected chi connectivity index (χ3v) is 8.78. The second-order valence-electron chi connectivity index (χ2n) is 12.9. The fourth-order valence-electron chi connectivity index (χ4n) is 5.91. The monoisotopic (exact) mass is 594 g/mol. The van der Waals surface area contributed by atoms with Gasteiger partial charge in [-0.3, -0.25) is 4.79 Å². The number of aliphatic hydroxyl groups excluding tert-OH is 1. The van der Waals surface area contributed by atoms with Crippen LogP contribution in [0.15, 0.2) is 11.8 Å². The van der Waals surface area contributed by atoms with Gasteiger partial charge in [-0.2, -0.15) is 0 Å². The molecule has 0 aliphatic carbocycles. The third kappa shape index (κ3) is 30.4. The first kappa shape index (κ1) is 41.0. The Bertz CT molecular complexity index is 577. The van der Waals surface area contributed by atoms with E-state index in [4.69, 9.17) is 10.5 Å². The molecule has 0 aromatic heterocycles. The second-order valence-corrected chi connectivity index (χ2v) is 12.9. The summed E-state index contributed by atoms with van der Waals surface area (Å²) in [6, 6.07) is 0. The summed E-state index contributed by atoms with van der Waals surface area (Å²) in [4.78, 5) is 12.5. The molecule has 0 saturated heterocycles. The lowest BCUT2D eigenvalue weighted by molar-refractivity contribution is -0.147. The van der Waals surface area contributed by atoms with E-state index in [0.717, 1.165) is 32.1 Å². The van der Waals surface area contributed by atoms with Crippen molar-refractivity contribution >= 4 is 5.97 Å². The van der Waals surface area contributed by atoms with Gasteiger partial charge in [0.2, 0.25) is 0 Å². The highest BCUT2D eigenvalue weighted by atomic mass is 16.5. The van der Waals surface area contributed by atoms with Gasteiger partial charge < -0.3 is 15.6 Å². The highest BCUT2D eigenvalue weighted by Gasteiger charge is 2.16. The fourth-order valence-corrected chi connectivity index (χ4v) is 5.91. The van der Waals surface area contributed by atoms with Crippen LogP contribution in [0.4, 0.5) is 0 Å². The van der Waals surface area contributed by atoms with E-state index in [1.807, 2.05) is 0 Å². The van der Waals surface area contributed by atoms with Crippen molar-refractivity contribution in [2.45, 2.75) is 219 Å². The number of carbonyl (C=O) groups excluding carboxylic acids is 1. The lowest BCUT2D eigenvalue weighted by Crippen LogP contribution is -2.25. The predicted molar refractivity (Wildman–Crippen MR) is 184 cm³/mol. The molecule has 0 aliphatic heterocycles. The van der Waals surface area contributed by atoms with Crippen molar-refractivity contribution in [3.8, 4) is 0 Å². The molecular weight excluding hydrogens is 518 g/mol. The normalized spacial score (nSPS) is 12.6. The van der Waals surface area contributed by atoms with Gasteiger partial charge in [-0.25, -0.2) is 0 Å². The Morgan fingerprint density at radius 1 is 0.548 bits per heavy atom.